The number of aromatic nitrogens is 3. The summed E-state index contributed by atoms with van der Waals surface area (Å²) in [5.41, 5.74) is 0.840. The van der Waals surface area contributed by atoms with E-state index in [-0.39, 0.29) is 36.1 Å². The summed E-state index contributed by atoms with van der Waals surface area (Å²) in [6, 6.07) is 13.4. The van der Waals surface area contributed by atoms with Crippen molar-refractivity contribution in [2.45, 2.75) is 81.4 Å². The minimum absolute atomic E-state index is 0.0316. The highest BCUT2D eigenvalue weighted by atomic mass is 16.5. The maximum Gasteiger partial charge on any atom is 0.338 e. The fourth-order valence-corrected chi connectivity index (χ4v) is 5.38. The van der Waals surface area contributed by atoms with E-state index in [0.717, 1.165) is 39.3 Å². The van der Waals surface area contributed by atoms with Crippen molar-refractivity contribution in [3.05, 3.63) is 59.7 Å². The largest absolute Gasteiger partial charge is 0.459 e. The lowest BCUT2D eigenvalue weighted by Gasteiger charge is -2.26. The molecule has 0 aliphatic heterocycles. The molecule has 4 unspecified atom stereocenters. The zero-order chi connectivity index (χ0) is 37.5. The van der Waals surface area contributed by atoms with Gasteiger partial charge in [-0.05, 0) is 102 Å². The molecule has 1 heterocycles. The molecule has 0 spiro atoms. The third-order valence-corrected chi connectivity index (χ3v) is 9.30. The Morgan fingerprint density at radius 1 is 0.549 bits per heavy atom. The number of ether oxygens (including phenoxy) is 4. The molecule has 1 aromatic heterocycles. The zero-order valence-corrected chi connectivity index (χ0v) is 32.2. The number of nitrogens with zero attached hydrogens (tertiary/aromatic N) is 6. The van der Waals surface area contributed by atoms with Crippen LogP contribution in [-0.4, -0.2) is 101 Å². The van der Waals surface area contributed by atoms with Gasteiger partial charge in [-0.15, -0.1) is 4.98 Å². The SMILES string of the molecule is CCN(CC)CC(C)C(C)OC(=O)c1ccc(Oc2nc(Oc3ccc(C(=O)OC(C)C(C)CN(CC)CC)cc3)nc(N(CC)CC)n2)cc1. The number of benzene rings is 2. The van der Waals surface area contributed by atoms with Crippen LogP contribution in [0, 0.1) is 11.8 Å². The molecule has 51 heavy (non-hydrogen) atoms. The van der Waals surface area contributed by atoms with Gasteiger partial charge in [-0.25, -0.2) is 9.59 Å². The maximum absolute atomic E-state index is 12.9. The first kappa shape index (κ1) is 41.1. The average Bonchev–Trinajstić information content (AvgIpc) is 3.13. The van der Waals surface area contributed by atoms with Crippen LogP contribution < -0.4 is 14.4 Å². The summed E-state index contributed by atoms with van der Waals surface area (Å²) in [5, 5.41) is 0. The summed E-state index contributed by atoms with van der Waals surface area (Å²) < 4.78 is 23.6. The van der Waals surface area contributed by atoms with E-state index in [1.54, 1.807) is 48.5 Å². The summed E-state index contributed by atoms with van der Waals surface area (Å²) in [4.78, 5) is 45.8. The van der Waals surface area contributed by atoms with Gasteiger partial charge in [0, 0.05) is 38.0 Å². The van der Waals surface area contributed by atoms with Gasteiger partial charge in [-0.1, -0.05) is 41.5 Å². The zero-order valence-electron chi connectivity index (χ0n) is 32.2. The van der Waals surface area contributed by atoms with Gasteiger partial charge >= 0.3 is 24.0 Å². The lowest BCUT2D eigenvalue weighted by Crippen LogP contribution is -2.34. The van der Waals surface area contributed by atoms with Crippen molar-refractivity contribution in [2.75, 3.05) is 57.3 Å². The highest BCUT2D eigenvalue weighted by Crippen LogP contribution is 2.26. The normalized spacial score (nSPS) is 13.7. The van der Waals surface area contributed by atoms with Crippen LogP contribution in [0.5, 0.6) is 23.5 Å². The second kappa shape index (κ2) is 20.5. The number of hydrogen-bond acceptors (Lipinski definition) is 12. The third-order valence-electron chi connectivity index (χ3n) is 9.30. The topological polar surface area (TPSA) is 119 Å². The van der Waals surface area contributed by atoms with E-state index in [1.165, 1.54) is 0 Å². The molecule has 12 nitrogen and oxygen atoms in total. The van der Waals surface area contributed by atoms with Gasteiger partial charge in [0.25, 0.3) is 0 Å². The molecule has 2 aromatic carbocycles. The van der Waals surface area contributed by atoms with Crippen LogP contribution in [0.15, 0.2) is 48.5 Å². The number of anilines is 1. The van der Waals surface area contributed by atoms with Gasteiger partial charge in [0.2, 0.25) is 5.95 Å². The Bertz CT molecular complexity index is 1390. The fraction of sp³-hybridized carbons (Fsp3) is 0.564. The second-order valence-corrected chi connectivity index (χ2v) is 12.8. The molecule has 0 aliphatic rings. The van der Waals surface area contributed by atoms with Crippen molar-refractivity contribution >= 4 is 17.9 Å². The van der Waals surface area contributed by atoms with Crippen molar-refractivity contribution in [1.29, 1.82) is 0 Å². The molecule has 3 rings (SSSR count). The molecule has 12 heteroatoms. The van der Waals surface area contributed by atoms with E-state index in [9.17, 15) is 9.59 Å². The molecular weight excluding hydrogens is 648 g/mol. The number of carbonyl (C=O) groups is 2. The summed E-state index contributed by atoms with van der Waals surface area (Å²) in [6.45, 7) is 27.4. The quantitative estimate of drug-likeness (QED) is 0.103. The summed E-state index contributed by atoms with van der Waals surface area (Å²) in [5.74, 6) is 0.855. The van der Waals surface area contributed by atoms with Crippen molar-refractivity contribution in [3.63, 3.8) is 0 Å². The highest BCUT2D eigenvalue weighted by molar-refractivity contribution is 5.90. The van der Waals surface area contributed by atoms with Crippen LogP contribution >= 0.6 is 0 Å². The molecule has 4 atom stereocenters. The van der Waals surface area contributed by atoms with Crippen LogP contribution in [0.4, 0.5) is 5.95 Å². The first-order valence-corrected chi connectivity index (χ1v) is 18.4. The number of carbonyl (C=O) groups excluding carboxylic acids is 2. The van der Waals surface area contributed by atoms with E-state index >= 15 is 0 Å². The summed E-state index contributed by atoms with van der Waals surface area (Å²) in [6.07, 6.45) is -0.470. The predicted octanol–water partition coefficient (Wildman–Crippen LogP) is 7.35. The lowest BCUT2D eigenvalue weighted by atomic mass is 10.1. The standard InChI is InChI=1S/C39H58N6O6/c1-11-43(12-2)25-27(7)29(9)48-35(46)31-17-21-33(22-18-31)50-38-40-37(45(15-5)16-6)41-39(42-38)51-34-23-19-32(20-24-34)36(47)49-30(10)28(8)26-44(13-3)14-4/h17-24,27-30H,11-16,25-26H2,1-10H3. The fourth-order valence-electron chi connectivity index (χ4n) is 5.38. The van der Waals surface area contributed by atoms with E-state index < -0.39 is 11.9 Å². The summed E-state index contributed by atoms with van der Waals surface area (Å²) >= 11 is 0. The Morgan fingerprint density at radius 2 is 0.902 bits per heavy atom. The van der Waals surface area contributed by atoms with Crippen molar-refractivity contribution < 1.29 is 28.5 Å². The van der Waals surface area contributed by atoms with Gasteiger partial charge in [0.15, 0.2) is 0 Å². The first-order chi connectivity index (χ1) is 24.4. The molecule has 0 bridgehead atoms. The van der Waals surface area contributed by atoms with E-state index in [0.29, 0.717) is 41.7 Å². The Hall–Kier alpha value is -4.29. The minimum Gasteiger partial charge on any atom is -0.459 e. The average molecular weight is 707 g/mol. The highest BCUT2D eigenvalue weighted by Gasteiger charge is 2.22. The molecule has 0 aliphatic carbocycles. The molecule has 0 N–H and O–H groups in total. The van der Waals surface area contributed by atoms with Crippen LogP contribution in [0.3, 0.4) is 0 Å². The van der Waals surface area contributed by atoms with Gasteiger partial charge in [0.05, 0.1) is 11.1 Å². The third kappa shape index (κ3) is 12.5. The monoisotopic (exact) mass is 706 g/mol. The van der Waals surface area contributed by atoms with Crippen molar-refractivity contribution in [1.82, 2.24) is 24.8 Å². The van der Waals surface area contributed by atoms with Gasteiger partial charge in [0.1, 0.15) is 23.7 Å². The Labute approximate surface area is 304 Å². The van der Waals surface area contributed by atoms with E-state index in [2.05, 4.69) is 66.3 Å². The Balaban J connectivity index is 1.70. The maximum atomic E-state index is 12.9. The molecular formula is C39H58N6O6. The lowest BCUT2D eigenvalue weighted by molar-refractivity contribution is 0.0163. The van der Waals surface area contributed by atoms with E-state index in [1.807, 2.05) is 32.6 Å². The summed E-state index contributed by atoms with van der Waals surface area (Å²) in [7, 11) is 0. The number of hydrogen-bond donors (Lipinski definition) is 0. The van der Waals surface area contributed by atoms with E-state index in [4.69, 9.17) is 18.9 Å². The second-order valence-electron chi connectivity index (χ2n) is 12.8. The molecule has 3 aromatic rings. The first-order valence-electron chi connectivity index (χ1n) is 18.4. The number of esters is 2. The minimum atomic E-state index is -0.390. The molecule has 0 radical (unpaired) electrons. The van der Waals surface area contributed by atoms with Gasteiger partial charge < -0.3 is 33.6 Å². The van der Waals surface area contributed by atoms with Crippen molar-refractivity contribution in [2.24, 2.45) is 11.8 Å². The van der Waals surface area contributed by atoms with Crippen LogP contribution in [-0.2, 0) is 9.47 Å². The number of rotatable bonds is 21. The predicted molar refractivity (Wildman–Crippen MR) is 200 cm³/mol. The van der Waals surface area contributed by atoms with Gasteiger partial charge in [-0.2, -0.15) is 9.97 Å². The molecule has 0 amide bonds. The molecule has 280 valence electrons. The molecule has 0 saturated carbocycles. The molecule has 0 saturated heterocycles. The smallest absolute Gasteiger partial charge is 0.338 e. The van der Waals surface area contributed by atoms with Crippen LogP contribution in [0.1, 0.15) is 90.0 Å². The van der Waals surface area contributed by atoms with Crippen molar-refractivity contribution in [3.8, 4) is 23.5 Å². The molecule has 0 fully saturated rings. The Kier molecular flexibility index (Phi) is 16.6. The Morgan fingerprint density at radius 3 is 1.22 bits per heavy atom. The van der Waals surface area contributed by atoms with Gasteiger partial charge in [-0.3, -0.25) is 0 Å². The van der Waals surface area contributed by atoms with Crippen LogP contribution in [0.2, 0.25) is 0 Å². The van der Waals surface area contributed by atoms with Crippen LogP contribution in [0.25, 0.3) is 0 Å².